The molecule has 1 saturated carbocycles. The number of hydrogen-bond acceptors (Lipinski definition) is 4. The Balaban J connectivity index is 1.96. The molecule has 2 aromatic carbocycles. The highest BCUT2D eigenvalue weighted by atomic mass is 32.2. The molecule has 0 saturated heterocycles. The molecule has 1 aliphatic rings. The second-order valence-corrected chi connectivity index (χ2v) is 10.5. The molecule has 0 aromatic heterocycles. The van der Waals surface area contributed by atoms with Gasteiger partial charge in [-0.05, 0) is 80.8 Å². The molecule has 0 radical (unpaired) electrons. The van der Waals surface area contributed by atoms with Crippen molar-refractivity contribution in [3.8, 4) is 16.9 Å². The van der Waals surface area contributed by atoms with Crippen molar-refractivity contribution in [3.63, 3.8) is 0 Å². The number of sulfonamides is 1. The highest BCUT2D eigenvalue weighted by molar-refractivity contribution is 7.90. The van der Waals surface area contributed by atoms with Gasteiger partial charge in [-0.2, -0.15) is 0 Å². The molecule has 1 amide bonds. The fourth-order valence-corrected chi connectivity index (χ4v) is 4.48. The quantitative estimate of drug-likeness (QED) is 0.633. The topological polar surface area (TPSA) is 72.5 Å². The van der Waals surface area contributed by atoms with Gasteiger partial charge in [-0.15, -0.1) is 0 Å². The van der Waals surface area contributed by atoms with Gasteiger partial charge in [-0.1, -0.05) is 25.1 Å². The number of rotatable bonds is 8. The van der Waals surface area contributed by atoms with Crippen LogP contribution < -0.4 is 9.46 Å². The zero-order valence-corrected chi connectivity index (χ0v) is 19.1. The van der Waals surface area contributed by atoms with E-state index in [0.29, 0.717) is 23.3 Å². The van der Waals surface area contributed by atoms with Gasteiger partial charge in [-0.25, -0.2) is 12.8 Å². The van der Waals surface area contributed by atoms with Crippen LogP contribution in [-0.2, 0) is 27.7 Å². The molecule has 0 atom stereocenters. The molecular formula is C24H30FNO4S. The van der Waals surface area contributed by atoms with E-state index in [-0.39, 0.29) is 18.3 Å². The Morgan fingerprint density at radius 2 is 1.87 bits per heavy atom. The minimum Gasteiger partial charge on any atom is -0.490 e. The van der Waals surface area contributed by atoms with Crippen molar-refractivity contribution in [2.75, 3.05) is 0 Å². The summed E-state index contributed by atoms with van der Waals surface area (Å²) in [4.78, 5) is 12.3. The highest BCUT2D eigenvalue weighted by Gasteiger charge is 2.22. The Hall–Kier alpha value is -2.41. The maximum Gasteiger partial charge on any atom is 0.237 e. The van der Waals surface area contributed by atoms with Crippen LogP contribution in [0.25, 0.3) is 11.1 Å². The van der Waals surface area contributed by atoms with Gasteiger partial charge in [0.2, 0.25) is 15.9 Å². The molecule has 1 fully saturated rings. The highest BCUT2D eigenvalue weighted by Crippen LogP contribution is 2.37. The van der Waals surface area contributed by atoms with Gasteiger partial charge >= 0.3 is 0 Å². The average molecular weight is 448 g/mol. The van der Waals surface area contributed by atoms with E-state index in [2.05, 4.69) is 4.72 Å². The molecule has 0 heterocycles. The Labute approximate surface area is 184 Å². The Morgan fingerprint density at radius 1 is 1.16 bits per heavy atom. The summed E-state index contributed by atoms with van der Waals surface area (Å²) in [5, 5.41) is -0.700. The number of nitrogens with one attached hydrogen (secondary N) is 1. The summed E-state index contributed by atoms with van der Waals surface area (Å²) in [6, 6.07) is 10.3. The number of carbonyl (C=O) groups excluding carboxylic acids is 1. The lowest BCUT2D eigenvalue weighted by atomic mass is 9.94. The monoisotopic (exact) mass is 447 g/mol. The largest absolute Gasteiger partial charge is 0.490 e. The lowest BCUT2D eigenvalue weighted by molar-refractivity contribution is -0.118. The van der Waals surface area contributed by atoms with Crippen LogP contribution in [0.4, 0.5) is 4.39 Å². The summed E-state index contributed by atoms with van der Waals surface area (Å²) in [6.45, 7) is 4.92. The van der Waals surface area contributed by atoms with E-state index in [4.69, 9.17) is 4.74 Å². The van der Waals surface area contributed by atoms with Crippen molar-refractivity contribution in [2.45, 2.75) is 70.7 Å². The number of benzene rings is 2. The third-order valence-electron chi connectivity index (χ3n) is 5.64. The van der Waals surface area contributed by atoms with Crippen LogP contribution in [0.1, 0.15) is 57.6 Å². The van der Waals surface area contributed by atoms with Gasteiger partial charge in [0, 0.05) is 5.56 Å². The van der Waals surface area contributed by atoms with Crippen molar-refractivity contribution in [1.29, 1.82) is 0 Å². The van der Waals surface area contributed by atoms with Crippen LogP contribution in [0.5, 0.6) is 5.75 Å². The molecule has 168 valence electrons. The molecule has 0 spiro atoms. The first-order valence-electron chi connectivity index (χ1n) is 10.8. The van der Waals surface area contributed by atoms with Crippen LogP contribution >= 0.6 is 0 Å². The maximum atomic E-state index is 14.5. The van der Waals surface area contributed by atoms with E-state index >= 15 is 0 Å². The molecule has 3 rings (SSSR count). The molecule has 1 N–H and O–H groups in total. The fourth-order valence-electron chi connectivity index (χ4n) is 3.85. The first-order chi connectivity index (χ1) is 14.7. The number of halogens is 1. The number of ether oxygens (including phenoxy) is 1. The van der Waals surface area contributed by atoms with Crippen LogP contribution in [0.15, 0.2) is 36.4 Å². The van der Waals surface area contributed by atoms with Crippen LogP contribution in [-0.4, -0.2) is 25.7 Å². The third kappa shape index (κ3) is 5.64. The van der Waals surface area contributed by atoms with E-state index in [1.807, 2.05) is 13.0 Å². The van der Waals surface area contributed by atoms with E-state index < -0.39 is 21.2 Å². The summed E-state index contributed by atoms with van der Waals surface area (Å²) < 4.78 is 46.8. The minimum atomic E-state index is -3.69. The van der Waals surface area contributed by atoms with E-state index in [1.54, 1.807) is 24.3 Å². The van der Waals surface area contributed by atoms with Crippen molar-refractivity contribution in [2.24, 2.45) is 0 Å². The molecule has 0 bridgehead atoms. The summed E-state index contributed by atoms with van der Waals surface area (Å²) in [7, 11) is -3.69. The van der Waals surface area contributed by atoms with Gasteiger partial charge < -0.3 is 4.74 Å². The first-order valence-corrected chi connectivity index (χ1v) is 12.4. The molecule has 0 aliphatic heterocycles. The Morgan fingerprint density at radius 3 is 2.52 bits per heavy atom. The predicted molar refractivity (Wildman–Crippen MR) is 120 cm³/mol. The van der Waals surface area contributed by atoms with Crippen molar-refractivity contribution >= 4 is 15.9 Å². The third-order valence-corrected chi connectivity index (χ3v) is 7.40. The maximum absolute atomic E-state index is 14.5. The lowest BCUT2D eigenvalue weighted by Crippen LogP contribution is -2.36. The summed E-state index contributed by atoms with van der Waals surface area (Å²) >= 11 is 0. The SMILES string of the molecule is CCc1c(F)cccc1-c1cc(CC(=O)NS(=O)(=O)C(C)C)ccc1OC1CCCC1. The Kier molecular flexibility index (Phi) is 7.36. The second-order valence-electron chi connectivity index (χ2n) is 8.27. The normalized spacial score (nSPS) is 14.7. The Bertz CT molecular complexity index is 1040. The minimum absolute atomic E-state index is 0.0978. The molecular weight excluding hydrogens is 417 g/mol. The fraction of sp³-hybridized carbons (Fsp3) is 0.458. The number of hydrogen-bond donors (Lipinski definition) is 1. The molecule has 0 unspecified atom stereocenters. The standard InChI is InChI=1S/C24H30FNO4S/c1-4-19-20(10-7-11-22(19)25)21-14-17(15-24(27)26-31(28,29)16(2)3)12-13-23(21)30-18-8-5-6-9-18/h7,10-14,16,18H,4-6,8-9,15H2,1-3H3,(H,26,27). The molecule has 7 heteroatoms. The van der Waals surface area contributed by atoms with E-state index in [1.165, 1.54) is 19.9 Å². The lowest BCUT2D eigenvalue weighted by Gasteiger charge is -2.19. The zero-order chi connectivity index (χ0) is 22.6. The van der Waals surface area contributed by atoms with Gasteiger partial charge in [0.15, 0.2) is 0 Å². The van der Waals surface area contributed by atoms with E-state index in [0.717, 1.165) is 36.8 Å². The molecule has 2 aromatic rings. The van der Waals surface area contributed by atoms with Crippen LogP contribution in [0, 0.1) is 5.82 Å². The average Bonchev–Trinajstić information content (AvgIpc) is 3.21. The molecule has 1 aliphatic carbocycles. The summed E-state index contributed by atoms with van der Waals surface area (Å²) in [5.74, 6) is -0.219. The smallest absolute Gasteiger partial charge is 0.237 e. The second kappa shape index (κ2) is 9.81. The number of carbonyl (C=O) groups is 1. The van der Waals surface area contributed by atoms with Crippen LogP contribution in [0.2, 0.25) is 0 Å². The van der Waals surface area contributed by atoms with Crippen molar-refractivity contribution < 1.29 is 22.3 Å². The first kappa shape index (κ1) is 23.3. The van der Waals surface area contributed by atoms with Crippen LogP contribution in [0.3, 0.4) is 0 Å². The van der Waals surface area contributed by atoms with E-state index in [9.17, 15) is 17.6 Å². The number of amides is 1. The molecule has 5 nitrogen and oxygen atoms in total. The van der Waals surface area contributed by atoms with Gasteiger partial charge in [-0.3, -0.25) is 9.52 Å². The summed E-state index contributed by atoms with van der Waals surface area (Å²) in [6.07, 6.45) is 4.77. The predicted octanol–water partition coefficient (Wildman–Crippen LogP) is 4.77. The van der Waals surface area contributed by atoms with Gasteiger partial charge in [0.1, 0.15) is 11.6 Å². The van der Waals surface area contributed by atoms with Gasteiger partial charge in [0.25, 0.3) is 0 Å². The van der Waals surface area contributed by atoms with Gasteiger partial charge in [0.05, 0.1) is 17.8 Å². The molecule has 31 heavy (non-hydrogen) atoms. The van der Waals surface area contributed by atoms with Crippen molar-refractivity contribution in [3.05, 3.63) is 53.3 Å². The zero-order valence-electron chi connectivity index (χ0n) is 18.3. The van der Waals surface area contributed by atoms with Crippen molar-refractivity contribution in [1.82, 2.24) is 4.72 Å². The summed E-state index contributed by atoms with van der Waals surface area (Å²) in [5.41, 5.74) is 2.67.